The van der Waals surface area contributed by atoms with Gasteiger partial charge in [0.15, 0.2) is 0 Å². The van der Waals surface area contributed by atoms with Gasteiger partial charge >= 0.3 is 0 Å². The molecule has 3 nitrogen and oxygen atoms in total. The largest absolute Gasteiger partial charge is 0.490 e. The van der Waals surface area contributed by atoms with E-state index in [2.05, 4.69) is 17.3 Å². The predicted molar refractivity (Wildman–Crippen MR) is 74.8 cm³/mol. The zero-order chi connectivity index (χ0) is 12.5. The van der Waals surface area contributed by atoms with E-state index in [0.29, 0.717) is 6.04 Å². The standard InChI is InChI=1S/C14H19ClN2O/c1-17-6-2-3-11(17)9-18-14-8-13-10(4-5-16-13)7-12(14)15/h7-8,11,16H,2-6,9H2,1H3. The smallest absolute Gasteiger partial charge is 0.140 e. The van der Waals surface area contributed by atoms with Gasteiger partial charge in [-0.1, -0.05) is 11.6 Å². The van der Waals surface area contributed by atoms with Crippen LogP contribution in [0.5, 0.6) is 5.75 Å². The average Bonchev–Trinajstić information content (AvgIpc) is 2.95. The van der Waals surface area contributed by atoms with E-state index >= 15 is 0 Å². The SMILES string of the molecule is CN1CCCC1COc1cc2c(cc1Cl)CCN2. The first kappa shape index (κ1) is 12.1. The van der Waals surface area contributed by atoms with Gasteiger partial charge in [0.25, 0.3) is 0 Å². The lowest BCUT2D eigenvalue weighted by atomic mass is 10.1. The lowest BCUT2D eigenvalue weighted by Crippen LogP contribution is -2.30. The molecule has 3 rings (SSSR count). The van der Waals surface area contributed by atoms with Crippen molar-refractivity contribution < 1.29 is 4.74 Å². The van der Waals surface area contributed by atoms with E-state index in [1.807, 2.05) is 12.1 Å². The number of likely N-dealkylation sites (tertiary alicyclic amines) is 1. The highest BCUT2D eigenvalue weighted by Gasteiger charge is 2.22. The lowest BCUT2D eigenvalue weighted by molar-refractivity contribution is 0.198. The molecule has 2 aliphatic rings. The Morgan fingerprint density at radius 2 is 2.39 bits per heavy atom. The van der Waals surface area contributed by atoms with Crippen molar-refractivity contribution in [2.75, 3.05) is 32.1 Å². The van der Waals surface area contributed by atoms with E-state index in [1.54, 1.807) is 0 Å². The molecule has 18 heavy (non-hydrogen) atoms. The first-order valence-electron chi connectivity index (χ1n) is 6.63. The fraction of sp³-hybridized carbons (Fsp3) is 0.571. The number of anilines is 1. The van der Waals surface area contributed by atoms with Crippen molar-refractivity contribution in [3.8, 4) is 5.75 Å². The number of ether oxygens (including phenoxy) is 1. The van der Waals surface area contributed by atoms with Gasteiger partial charge in [-0.25, -0.2) is 0 Å². The molecule has 1 fully saturated rings. The Bertz CT molecular complexity index is 450. The third-order valence-electron chi connectivity index (χ3n) is 3.97. The van der Waals surface area contributed by atoms with Crippen molar-refractivity contribution in [3.63, 3.8) is 0 Å². The van der Waals surface area contributed by atoms with Crippen molar-refractivity contribution in [2.45, 2.75) is 25.3 Å². The zero-order valence-electron chi connectivity index (χ0n) is 10.7. The summed E-state index contributed by atoms with van der Waals surface area (Å²) in [5.74, 6) is 0.810. The number of fused-ring (bicyclic) bond motifs is 1. The number of rotatable bonds is 3. The normalized spacial score (nSPS) is 22.9. The fourth-order valence-electron chi connectivity index (χ4n) is 2.78. The summed E-state index contributed by atoms with van der Waals surface area (Å²) in [6.07, 6.45) is 3.54. The van der Waals surface area contributed by atoms with Gasteiger partial charge in [0.1, 0.15) is 12.4 Å². The summed E-state index contributed by atoms with van der Waals surface area (Å²) in [5, 5.41) is 4.09. The van der Waals surface area contributed by atoms with Crippen molar-refractivity contribution >= 4 is 17.3 Å². The Labute approximate surface area is 113 Å². The lowest BCUT2D eigenvalue weighted by Gasteiger charge is -2.20. The summed E-state index contributed by atoms with van der Waals surface area (Å²) in [5.41, 5.74) is 2.47. The molecule has 1 saturated heterocycles. The van der Waals surface area contributed by atoms with Gasteiger partial charge in [-0.15, -0.1) is 0 Å². The number of nitrogens with zero attached hydrogens (tertiary/aromatic N) is 1. The molecule has 1 aromatic carbocycles. The van der Waals surface area contributed by atoms with E-state index in [1.165, 1.54) is 30.6 Å². The number of benzene rings is 1. The predicted octanol–water partition coefficient (Wildman–Crippen LogP) is 2.78. The molecule has 0 aliphatic carbocycles. The first-order chi connectivity index (χ1) is 8.74. The molecule has 4 heteroatoms. The van der Waals surface area contributed by atoms with Crippen LogP contribution in [0.15, 0.2) is 12.1 Å². The van der Waals surface area contributed by atoms with Gasteiger partial charge in [0.05, 0.1) is 5.02 Å². The van der Waals surface area contributed by atoms with Crippen molar-refractivity contribution in [1.82, 2.24) is 4.90 Å². The van der Waals surface area contributed by atoms with Crippen LogP contribution in [0.3, 0.4) is 0 Å². The van der Waals surface area contributed by atoms with Crippen LogP contribution in [0.4, 0.5) is 5.69 Å². The number of nitrogens with one attached hydrogen (secondary N) is 1. The van der Waals surface area contributed by atoms with Gasteiger partial charge in [0, 0.05) is 24.3 Å². The van der Waals surface area contributed by atoms with E-state index < -0.39 is 0 Å². The van der Waals surface area contributed by atoms with Gasteiger partial charge < -0.3 is 15.0 Å². The third kappa shape index (κ3) is 2.29. The second kappa shape index (κ2) is 4.98. The highest BCUT2D eigenvalue weighted by atomic mass is 35.5. The molecule has 1 unspecified atom stereocenters. The monoisotopic (exact) mass is 266 g/mol. The molecule has 0 radical (unpaired) electrons. The minimum Gasteiger partial charge on any atom is -0.490 e. The van der Waals surface area contributed by atoms with E-state index in [9.17, 15) is 0 Å². The second-order valence-electron chi connectivity index (χ2n) is 5.20. The molecule has 98 valence electrons. The van der Waals surface area contributed by atoms with Crippen LogP contribution >= 0.6 is 11.6 Å². The summed E-state index contributed by atoms with van der Waals surface area (Å²) in [7, 11) is 2.16. The molecule has 0 saturated carbocycles. The minimum atomic E-state index is 0.530. The van der Waals surface area contributed by atoms with Crippen LogP contribution in [-0.2, 0) is 6.42 Å². The van der Waals surface area contributed by atoms with E-state index in [-0.39, 0.29) is 0 Å². The van der Waals surface area contributed by atoms with Gasteiger partial charge in [-0.2, -0.15) is 0 Å². The zero-order valence-corrected chi connectivity index (χ0v) is 11.5. The van der Waals surface area contributed by atoms with Gasteiger partial charge in [-0.05, 0) is 44.5 Å². The Morgan fingerprint density at radius 1 is 1.50 bits per heavy atom. The molecule has 0 amide bonds. The van der Waals surface area contributed by atoms with Crippen LogP contribution in [0.25, 0.3) is 0 Å². The molecular formula is C14H19ClN2O. The Morgan fingerprint density at radius 3 is 3.17 bits per heavy atom. The van der Waals surface area contributed by atoms with Crippen LogP contribution in [0, 0.1) is 0 Å². The molecular weight excluding hydrogens is 248 g/mol. The Balaban J connectivity index is 1.69. The summed E-state index contributed by atoms with van der Waals surface area (Å²) < 4.78 is 5.90. The van der Waals surface area contributed by atoms with Crippen LogP contribution < -0.4 is 10.1 Å². The van der Waals surface area contributed by atoms with Crippen molar-refractivity contribution in [3.05, 3.63) is 22.7 Å². The number of halogens is 1. The van der Waals surface area contributed by atoms with Crippen LogP contribution in [-0.4, -0.2) is 37.7 Å². The maximum absolute atomic E-state index is 6.26. The van der Waals surface area contributed by atoms with E-state index in [4.69, 9.17) is 16.3 Å². The second-order valence-corrected chi connectivity index (χ2v) is 5.61. The molecule has 0 spiro atoms. The molecule has 1 atom stereocenters. The van der Waals surface area contributed by atoms with Gasteiger partial charge in [-0.3, -0.25) is 0 Å². The summed E-state index contributed by atoms with van der Waals surface area (Å²) in [6, 6.07) is 4.60. The van der Waals surface area contributed by atoms with Crippen LogP contribution in [0.1, 0.15) is 18.4 Å². The fourth-order valence-corrected chi connectivity index (χ4v) is 3.03. The Hall–Kier alpha value is -0.930. The molecule has 0 bridgehead atoms. The van der Waals surface area contributed by atoms with Crippen LogP contribution in [0.2, 0.25) is 5.02 Å². The van der Waals surface area contributed by atoms with Gasteiger partial charge in [0.2, 0.25) is 0 Å². The topological polar surface area (TPSA) is 24.5 Å². The quantitative estimate of drug-likeness (QED) is 0.911. The summed E-state index contributed by atoms with van der Waals surface area (Å²) >= 11 is 6.26. The molecule has 1 aromatic rings. The number of hydrogen-bond acceptors (Lipinski definition) is 3. The highest BCUT2D eigenvalue weighted by molar-refractivity contribution is 6.32. The molecule has 2 aliphatic heterocycles. The maximum atomic E-state index is 6.26. The summed E-state index contributed by atoms with van der Waals surface area (Å²) in [4.78, 5) is 2.36. The number of likely N-dealkylation sites (N-methyl/N-ethyl adjacent to an activating group) is 1. The van der Waals surface area contributed by atoms with Crippen molar-refractivity contribution in [1.29, 1.82) is 0 Å². The minimum absolute atomic E-state index is 0.530. The Kier molecular flexibility index (Phi) is 3.35. The first-order valence-corrected chi connectivity index (χ1v) is 7.01. The highest BCUT2D eigenvalue weighted by Crippen LogP contribution is 2.34. The van der Waals surface area contributed by atoms with Crippen molar-refractivity contribution in [2.24, 2.45) is 0 Å². The average molecular weight is 267 g/mol. The third-order valence-corrected chi connectivity index (χ3v) is 4.27. The molecule has 0 aromatic heterocycles. The molecule has 2 heterocycles. The van der Waals surface area contributed by atoms with E-state index in [0.717, 1.165) is 30.3 Å². The number of hydrogen-bond donors (Lipinski definition) is 1. The summed E-state index contributed by atoms with van der Waals surface area (Å²) in [6.45, 7) is 2.91. The molecule has 1 N–H and O–H groups in total. The maximum Gasteiger partial charge on any atom is 0.140 e.